The minimum absolute atomic E-state index is 0. The van der Waals surface area contributed by atoms with E-state index in [0.717, 1.165) is 37.5 Å². The summed E-state index contributed by atoms with van der Waals surface area (Å²) in [6.45, 7) is 9.35. The van der Waals surface area contributed by atoms with Crippen LogP contribution in [0.3, 0.4) is 0 Å². The van der Waals surface area contributed by atoms with Crippen molar-refractivity contribution in [1.82, 2.24) is 4.90 Å². The van der Waals surface area contributed by atoms with Gasteiger partial charge >= 0.3 is 0 Å². The molecule has 0 saturated carbocycles. The quantitative estimate of drug-likeness (QED) is 0.370. The fourth-order valence-corrected chi connectivity index (χ4v) is 2.87. The van der Waals surface area contributed by atoms with Crippen LogP contribution in [0.4, 0.5) is 5.69 Å². The van der Waals surface area contributed by atoms with Gasteiger partial charge in [-0.3, -0.25) is 9.89 Å². The van der Waals surface area contributed by atoms with E-state index in [1.807, 2.05) is 24.3 Å². The summed E-state index contributed by atoms with van der Waals surface area (Å²) >= 11 is 0. The summed E-state index contributed by atoms with van der Waals surface area (Å²) < 4.78 is 11.0. The predicted molar refractivity (Wildman–Crippen MR) is 114 cm³/mol. The van der Waals surface area contributed by atoms with Crippen LogP contribution in [0.2, 0.25) is 0 Å². The molecule has 1 heterocycles. The molecule has 0 amide bonds. The molecule has 1 atom stereocenters. The molecule has 0 bridgehead atoms. The van der Waals surface area contributed by atoms with Crippen molar-refractivity contribution in [1.29, 1.82) is 0 Å². The van der Waals surface area contributed by atoms with Crippen molar-refractivity contribution < 1.29 is 9.47 Å². The van der Waals surface area contributed by atoms with E-state index in [9.17, 15) is 0 Å². The number of rotatable bonds is 7. The number of anilines is 1. The van der Waals surface area contributed by atoms with E-state index in [4.69, 9.17) is 15.2 Å². The Morgan fingerprint density at radius 1 is 1.44 bits per heavy atom. The average molecular weight is 462 g/mol. The number of nitrogens with one attached hydrogen (secondary N) is 1. The molecule has 1 aromatic carbocycles. The molecule has 7 heteroatoms. The van der Waals surface area contributed by atoms with Crippen LogP contribution in [0, 0.1) is 5.92 Å². The van der Waals surface area contributed by atoms with Crippen molar-refractivity contribution in [2.24, 2.45) is 16.6 Å². The van der Waals surface area contributed by atoms with Crippen LogP contribution >= 0.6 is 24.0 Å². The van der Waals surface area contributed by atoms with Gasteiger partial charge in [0.05, 0.1) is 25.9 Å². The minimum Gasteiger partial charge on any atom is -0.380 e. The normalized spacial score (nSPS) is 18.9. The Labute approximate surface area is 168 Å². The Morgan fingerprint density at radius 3 is 2.92 bits per heavy atom. The van der Waals surface area contributed by atoms with E-state index in [1.165, 1.54) is 0 Å². The van der Waals surface area contributed by atoms with Crippen LogP contribution < -0.4 is 11.1 Å². The van der Waals surface area contributed by atoms with E-state index in [1.54, 1.807) is 7.11 Å². The standard InChI is InChI=1S/C18H30N4O2.HI/c1-14(2)11-22-8-9-24-16(12-22)10-20-18(19)21-17-7-5-4-6-15(17)13-23-3;/h4-7,14,16H,8-13H2,1-3H3,(H3,19,20,21);1H. The molecule has 25 heavy (non-hydrogen) atoms. The molecule has 0 radical (unpaired) electrons. The summed E-state index contributed by atoms with van der Waals surface area (Å²) in [6, 6.07) is 7.92. The number of morpholine rings is 1. The predicted octanol–water partition coefficient (Wildman–Crippen LogP) is 2.53. The monoisotopic (exact) mass is 462 g/mol. The van der Waals surface area contributed by atoms with Crippen LogP contribution in [0.25, 0.3) is 0 Å². The fraction of sp³-hybridized carbons (Fsp3) is 0.611. The number of benzene rings is 1. The summed E-state index contributed by atoms with van der Waals surface area (Å²) in [6.07, 6.45) is 0.104. The molecule has 1 aliphatic heterocycles. The number of para-hydroxylation sites is 1. The molecule has 1 fully saturated rings. The van der Waals surface area contributed by atoms with Crippen LogP contribution in [-0.4, -0.2) is 56.9 Å². The lowest BCUT2D eigenvalue weighted by molar-refractivity contribution is -0.0261. The first-order valence-electron chi connectivity index (χ1n) is 8.56. The molecule has 0 aromatic heterocycles. The van der Waals surface area contributed by atoms with E-state index < -0.39 is 0 Å². The zero-order chi connectivity index (χ0) is 17.4. The van der Waals surface area contributed by atoms with Gasteiger partial charge in [-0.15, -0.1) is 24.0 Å². The number of ether oxygens (including phenoxy) is 2. The lowest BCUT2D eigenvalue weighted by atomic mass is 10.2. The van der Waals surface area contributed by atoms with Gasteiger partial charge in [-0.05, 0) is 12.0 Å². The molecule has 0 spiro atoms. The lowest BCUT2D eigenvalue weighted by Gasteiger charge is -2.33. The Hall–Kier alpha value is -0.900. The van der Waals surface area contributed by atoms with Crippen molar-refractivity contribution in [3.05, 3.63) is 29.8 Å². The number of aliphatic imine (C=N–C) groups is 1. The third-order valence-corrected chi connectivity index (χ3v) is 3.89. The fourth-order valence-electron chi connectivity index (χ4n) is 2.87. The molecule has 1 unspecified atom stereocenters. The van der Waals surface area contributed by atoms with Crippen molar-refractivity contribution in [2.45, 2.75) is 26.6 Å². The molecule has 1 aromatic rings. The number of nitrogens with two attached hydrogens (primary N) is 1. The smallest absolute Gasteiger partial charge is 0.193 e. The Balaban J connectivity index is 0.00000312. The molecule has 3 N–H and O–H groups in total. The minimum atomic E-state index is 0. The van der Waals surface area contributed by atoms with Gasteiger partial charge in [0.25, 0.3) is 0 Å². The topological polar surface area (TPSA) is 72.1 Å². The zero-order valence-corrected chi connectivity index (χ0v) is 17.7. The highest BCUT2D eigenvalue weighted by Gasteiger charge is 2.20. The van der Waals surface area contributed by atoms with Crippen molar-refractivity contribution in [2.75, 3.05) is 45.2 Å². The number of nitrogens with zero attached hydrogens (tertiary/aromatic N) is 2. The molecule has 6 nitrogen and oxygen atoms in total. The van der Waals surface area contributed by atoms with Crippen molar-refractivity contribution >= 4 is 35.6 Å². The molecule has 1 aliphatic rings. The third-order valence-electron chi connectivity index (χ3n) is 3.89. The largest absolute Gasteiger partial charge is 0.380 e. The Bertz CT molecular complexity index is 540. The zero-order valence-electron chi connectivity index (χ0n) is 15.4. The summed E-state index contributed by atoms with van der Waals surface area (Å²) in [5, 5.41) is 3.16. The number of halogens is 1. The maximum absolute atomic E-state index is 6.03. The molecule has 1 saturated heterocycles. The highest BCUT2D eigenvalue weighted by molar-refractivity contribution is 14.0. The second-order valence-corrected chi connectivity index (χ2v) is 6.59. The van der Waals surface area contributed by atoms with Crippen LogP contribution in [0.1, 0.15) is 19.4 Å². The lowest BCUT2D eigenvalue weighted by Crippen LogP contribution is -2.45. The first-order valence-corrected chi connectivity index (χ1v) is 8.56. The van der Waals surface area contributed by atoms with Gasteiger partial charge in [-0.2, -0.15) is 0 Å². The highest BCUT2D eigenvalue weighted by atomic mass is 127. The van der Waals surface area contributed by atoms with Gasteiger partial charge < -0.3 is 20.5 Å². The number of hydrogen-bond donors (Lipinski definition) is 2. The third kappa shape index (κ3) is 7.89. The maximum atomic E-state index is 6.03. The summed E-state index contributed by atoms with van der Waals surface area (Å²) in [7, 11) is 1.68. The van der Waals surface area contributed by atoms with Crippen molar-refractivity contribution in [3.63, 3.8) is 0 Å². The van der Waals surface area contributed by atoms with Crippen LogP contribution in [0.5, 0.6) is 0 Å². The summed E-state index contributed by atoms with van der Waals surface area (Å²) in [4.78, 5) is 6.89. The van der Waals surface area contributed by atoms with E-state index in [-0.39, 0.29) is 30.1 Å². The number of hydrogen-bond acceptors (Lipinski definition) is 4. The number of methoxy groups -OCH3 is 1. The van der Waals surface area contributed by atoms with Gasteiger partial charge in [-0.25, -0.2) is 0 Å². The Morgan fingerprint density at radius 2 is 2.20 bits per heavy atom. The van der Waals surface area contributed by atoms with Gasteiger partial charge in [0.2, 0.25) is 0 Å². The SMILES string of the molecule is COCc1ccccc1NC(N)=NCC1CN(CC(C)C)CCO1.I. The number of guanidine groups is 1. The Kier molecular flexibility index (Phi) is 10.3. The van der Waals surface area contributed by atoms with E-state index >= 15 is 0 Å². The van der Waals surface area contributed by atoms with Gasteiger partial charge in [0.15, 0.2) is 5.96 Å². The van der Waals surface area contributed by atoms with Gasteiger partial charge in [-0.1, -0.05) is 32.0 Å². The average Bonchev–Trinajstić information content (AvgIpc) is 2.55. The highest BCUT2D eigenvalue weighted by Crippen LogP contribution is 2.15. The molecule has 142 valence electrons. The second-order valence-electron chi connectivity index (χ2n) is 6.59. The van der Waals surface area contributed by atoms with Gasteiger partial charge in [0.1, 0.15) is 0 Å². The molecule has 2 rings (SSSR count). The van der Waals surface area contributed by atoms with Crippen molar-refractivity contribution in [3.8, 4) is 0 Å². The molecular formula is C18H31IN4O2. The van der Waals surface area contributed by atoms with Gasteiger partial charge in [0, 0.05) is 38.0 Å². The van der Waals surface area contributed by atoms with Crippen LogP contribution in [-0.2, 0) is 16.1 Å². The first kappa shape index (κ1) is 22.1. The molecular weight excluding hydrogens is 431 g/mol. The first-order chi connectivity index (χ1) is 11.6. The summed E-state index contributed by atoms with van der Waals surface area (Å²) in [5.74, 6) is 1.07. The maximum Gasteiger partial charge on any atom is 0.193 e. The molecule has 0 aliphatic carbocycles. The van der Waals surface area contributed by atoms with Crippen LogP contribution in [0.15, 0.2) is 29.3 Å². The van der Waals surface area contributed by atoms with E-state index in [2.05, 4.69) is 29.1 Å². The van der Waals surface area contributed by atoms with E-state index in [0.29, 0.717) is 25.0 Å². The second kappa shape index (κ2) is 11.7. The summed E-state index contributed by atoms with van der Waals surface area (Å²) in [5.41, 5.74) is 8.01.